The summed E-state index contributed by atoms with van der Waals surface area (Å²) in [6.45, 7) is 7.30. The summed E-state index contributed by atoms with van der Waals surface area (Å²) in [7, 11) is 0. The number of piperazine rings is 1. The Morgan fingerprint density at radius 2 is 2.12 bits per heavy atom. The van der Waals surface area contributed by atoms with Gasteiger partial charge in [-0.3, -0.25) is 4.79 Å². The molecule has 1 fully saturated rings. The van der Waals surface area contributed by atoms with E-state index in [-0.39, 0.29) is 5.91 Å². The maximum atomic E-state index is 11.9. The van der Waals surface area contributed by atoms with Gasteiger partial charge in [0, 0.05) is 23.8 Å². The molecule has 1 aliphatic heterocycles. The summed E-state index contributed by atoms with van der Waals surface area (Å²) < 4.78 is 0. The number of anilines is 1. The molecule has 0 atom stereocenters. The third kappa shape index (κ3) is 2.12. The van der Waals surface area contributed by atoms with Crippen molar-refractivity contribution in [2.45, 2.75) is 26.3 Å². The average molecular weight is 253 g/mol. The quantitative estimate of drug-likeness (QED) is 0.832. The van der Waals surface area contributed by atoms with Gasteiger partial charge in [-0.1, -0.05) is 17.7 Å². The van der Waals surface area contributed by atoms with Gasteiger partial charge in [0.1, 0.15) is 5.54 Å². The Kier molecular flexibility index (Phi) is 3.04. The number of hydrogen-bond acceptors (Lipinski definition) is 2. The van der Waals surface area contributed by atoms with Crippen molar-refractivity contribution in [2.75, 3.05) is 18.0 Å². The van der Waals surface area contributed by atoms with Crippen LogP contribution in [0.2, 0.25) is 5.02 Å². The Morgan fingerprint density at radius 1 is 1.41 bits per heavy atom. The number of hydrogen-bond donors (Lipinski definition) is 1. The second-order valence-corrected chi connectivity index (χ2v) is 5.31. The molecule has 0 radical (unpaired) electrons. The highest BCUT2D eigenvalue weighted by molar-refractivity contribution is 6.31. The summed E-state index contributed by atoms with van der Waals surface area (Å²) in [6, 6.07) is 5.93. The van der Waals surface area contributed by atoms with Crippen LogP contribution in [0.4, 0.5) is 5.69 Å². The van der Waals surface area contributed by atoms with Crippen LogP contribution in [0.25, 0.3) is 0 Å². The zero-order chi connectivity index (χ0) is 12.6. The topological polar surface area (TPSA) is 32.3 Å². The van der Waals surface area contributed by atoms with E-state index in [0.717, 1.165) is 22.8 Å². The van der Waals surface area contributed by atoms with Gasteiger partial charge < -0.3 is 10.2 Å². The van der Waals surface area contributed by atoms with Gasteiger partial charge in [0.15, 0.2) is 0 Å². The largest absolute Gasteiger partial charge is 0.356 e. The molecule has 17 heavy (non-hydrogen) atoms. The Morgan fingerprint density at radius 3 is 2.76 bits per heavy atom. The average Bonchev–Trinajstić information content (AvgIpc) is 2.26. The lowest BCUT2D eigenvalue weighted by Crippen LogP contribution is -2.62. The molecule has 92 valence electrons. The number of aryl methyl sites for hydroxylation is 1. The molecule has 1 heterocycles. The van der Waals surface area contributed by atoms with E-state index >= 15 is 0 Å². The first kappa shape index (κ1) is 12.2. The molecule has 1 amide bonds. The van der Waals surface area contributed by atoms with Crippen LogP contribution >= 0.6 is 11.6 Å². The number of nitrogens with one attached hydrogen (secondary N) is 1. The molecule has 0 saturated carbocycles. The maximum absolute atomic E-state index is 11.9. The summed E-state index contributed by atoms with van der Waals surface area (Å²) >= 11 is 6.14. The highest BCUT2D eigenvalue weighted by Crippen LogP contribution is 2.29. The third-order valence-corrected chi connectivity index (χ3v) is 3.73. The minimum Gasteiger partial charge on any atom is -0.356 e. The molecule has 0 aromatic heterocycles. The summed E-state index contributed by atoms with van der Waals surface area (Å²) in [6.07, 6.45) is 0. The highest BCUT2D eigenvalue weighted by Gasteiger charge is 2.37. The van der Waals surface area contributed by atoms with Crippen LogP contribution in [-0.2, 0) is 4.79 Å². The van der Waals surface area contributed by atoms with Crippen LogP contribution in [-0.4, -0.2) is 24.5 Å². The highest BCUT2D eigenvalue weighted by atomic mass is 35.5. The molecule has 0 aliphatic carbocycles. The minimum absolute atomic E-state index is 0.0560. The fourth-order valence-corrected chi connectivity index (χ4v) is 2.28. The summed E-state index contributed by atoms with van der Waals surface area (Å²) in [5.74, 6) is 0.0560. The van der Waals surface area contributed by atoms with Gasteiger partial charge in [-0.2, -0.15) is 0 Å². The van der Waals surface area contributed by atoms with E-state index in [1.165, 1.54) is 0 Å². The van der Waals surface area contributed by atoms with Gasteiger partial charge in [0.25, 0.3) is 0 Å². The van der Waals surface area contributed by atoms with Crippen molar-refractivity contribution in [3.05, 3.63) is 28.8 Å². The van der Waals surface area contributed by atoms with Crippen molar-refractivity contribution in [3.63, 3.8) is 0 Å². The Balaban J connectivity index is 2.38. The first-order valence-corrected chi connectivity index (χ1v) is 6.13. The number of nitrogens with zero attached hydrogens (tertiary/aromatic N) is 1. The van der Waals surface area contributed by atoms with Crippen LogP contribution in [0, 0.1) is 6.92 Å². The molecule has 1 saturated heterocycles. The molecule has 0 spiro atoms. The van der Waals surface area contributed by atoms with E-state index in [1.54, 1.807) is 0 Å². The van der Waals surface area contributed by atoms with Gasteiger partial charge in [-0.15, -0.1) is 0 Å². The molecular weight excluding hydrogens is 236 g/mol. The van der Waals surface area contributed by atoms with Gasteiger partial charge in [0.05, 0.1) is 0 Å². The molecule has 3 nitrogen and oxygen atoms in total. The number of halogens is 1. The monoisotopic (exact) mass is 252 g/mol. The molecule has 1 aromatic carbocycles. The van der Waals surface area contributed by atoms with Gasteiger partial charge >= 0.3 is 0 Å². The molecule has 4 heteroatoms. The van der Waals surface area contributed by atoms with E-state index in [2.05, 4.69) is 10.2 Å². The lowest BCUT2D eigenvalue weighted by molar-refractivity contribution is -0.126. The van der Waals surface area contributed by atoms with Crippen LogP contribution in [0.1, 0.15) is 19.4 Å². The zero-order valence-corrected chi connectivity index (χ0v) is 11.1. The van der Waals surface area contributed by atoms with E-state index < -0.39 is 5.54 Å². The normalized spacial score (nSPS) is 19.1. The van der Waals surface area contributed by atoms with E-state index in [0.29, 0.717) is 6.54 Å². The summed E-state index contributed by atoms with van der Waals surface area (Å²) in [4.78, 5) is 14.0. The van der Waals surface area contributed by atoms with E-state index in [1.807, 2.05) is 39.0 Å². The number of amides is 1. The first-order valence-electron chi connectivity index (χ1n) is 5.75. The summed E-state index contributed by atoms with van der Waals surface area (Å²) in [5.41, 5.74) is 1.52. The standard InChI is InChI=1S/C13H17ClN2O/c1-9-4-5-10(8-11(9)14)16-7-6-15-12(17)13(16,2)3/h4-5,8H,6-7H2,1-3H3,(H,15,17). The molecule has 1 aliphatic rings. The van der Waals surface area contributed by atoms with Crippen molar-refractivity contribution >= 4 is 23.2 Å². The smallest absolute Gasteiger partial charge is 0.245 e. The van der Waals surface area contributed by atoms with Crippen molar-refractivity contribution in [1.29, 1.82) is 0 Å². The number of carbonyl (C=O) groups excluding carboxylic acids is 1. The lowest BCUT2D eigenvalue weighted by Gasteiger charge is -2.43. The van der Waals surface area contributed by atoms with Crippen molar-refractivity contribution in [2.24, 2.45) is 0 Å². The predicted molar refractivity (Wildman–Crippen MR) is 70.6 cm³/mol. The number of carbonyl (C=O) groups is 1. The predicted octanol–water partition coefficient (Wildman–Crippen LogP) is 2.36. The molecule has 1 N–H and O–H groups in total. The Labute approximate surface area is 107 Å². The second kappa shape index (κ2) is 4.22. The van der Waals surface area contributed by atoms with Gasteiger partial charge in [-0.25, -0.2) is 0 Å². The minimum atomic E-state index is -0.531. The van der Waals surface area contributed by atoms with Crippen LogP contribution < -0.4 is 10.2 Å². The van der Waals surface area contributed by atoms with Gasteiger partial charge in [0.2, 0.25) is 5.91 Å². The molecule has 2 rings (SSSR count). The fraction of sp³-hybridized carbons (Fsp3) is 0.462. The van der Waals surface area contributed by atoms with Crippen molar-refractivity contribution in [1.82, 2.24) is 5.32 Å². The number of rotatable bonds is 1. The van der Waals surface area contributed by atoms with Crippen molar-refractivity contribution < 1.29 is 4.79 Å². The Bertz CT molecular complexity index is 457. The van der Waals surface area contributed by atoms with Crippen molar-refractivity contribution in [3.8, 4) is 0 Å². The van der Waals surface area contributed by atoms with Crippen LogP contribution in [0.5, 0.6) is 0 Å². The lowest BCUT2D eigenvalue weighted by atomic mass is 9.97. The molecule has 1 aromatic rings. The summed E-state index contributed by atoms with van der Waals surface area (Å²) in [5, 5.41) is 3.62. The SMILES string of the molecule is Cc1ccc(N2CCNC(=O)C2(C)C)cc1Cl. The third-order valence-electron chi connectivity index (χ3n) is 3.32. The molecule has 0 unspecified atom stereocenters. The molecule has 0 bridgehead atoms. The van der Waals surface area contributed by atoms with Crippen LogP contribution in [0.15, 0.2) is 18.2 Å². The maximum Gasteiger partial charge on any atom is 0.245 e. The Hall–Kier alpha value is -1.22. The van der Waals surface area contributed by atoms with Gasteiger partial charge in [-0.05, 0) is 38.5 Å². The second-order valence-electron chi connectivity index (χ2n) is 4.90. The van der Waals surface area contributed by atoms with E-state index in [4.69, 9.17) is 11.6 Å². The molecular formula is C13H17ClN2O. The number of benzene rings is 1. The fourth-order valence-electron chi connectivity index (χ4n) is 2.10. The first-order chi connectivity index (χ1) is 7.93. The zero-order valence-electron chi connectivity index (χ0n) is 10.4. The van der Waals surface area contributed by atoms with Crippen LogP contribution in [0.3, 0.4) is 0 Å². The van der Waals surface area contributed by atoms with E-state index in [9.17, 15) is 4.79 Å².